The lowest BCUT2D eigenvalue weighted by atomic mass is 10.0. The first kappa shape index (κ1) is 90.9. The van der Waals surface area contributed by atoms with Crippen LogP contribution < -0.4 is 5.32 Å². The third kappa shape index (κ3) is 76.3. The van der Waals surface area contributed by atoms with Crippen LogP contribution in [0.5, 0.6) is 0 Å². The van der Waals surface area contributed by atoms with Crippen LogP contribution in [0, 0.1) is 0 Å². The van der Waals surface area contributed by atoms with Gasteiger partial charge < -0.3 is 19.8 Å². The van der Waals surface area contributed by atoms with Gasteiger partial charge in [-0.2, -0.15) is 0 Å². The highest BCUT2D eigenvalue weighted by Crippen LogP contribution is 2.43. The number of amides is 1. The smallest absolute Gasteiger partial charge is 0.387 e. The number of aliphatic hydroxyl groups excluding tert-OH is 1. The van der Waals surface area contributed by atoms with E-state index < -0.39 is 20.0 Å². The maximum Gasteiger partial charge on any atom is 0.472 e. The number of unbranched alkanes of at least 4 members (excludes halogenated alkanes) is 42. The van der Waals surface area contributed by atoms with E-state index in [1.807, 2.05) is 27.2 Å². The molecule has 0 fully saturated rings. The van der Waals surface area contributed by atoms with Crippen LogP contribution in [0.15, 0.2) is 122 Å². The number of hydrogen-bond acceptors (Lipinski definition) is 5. The molecular weight excluding hydrogens is 1180 g/mol. The van der Waals surface area contributed by atoms with E-state index in [1.165, 1.54) is 250 Å². The molecule has 0 aromatic rings. The summed E-state index contributed by atoms with van der Waals surface area (Å²) < 4.78 is 23.8. The molecule has 0 bridgehead atoms. The maximum atomic E-state index is 13.1. The molecule has 0 aromatic carbocycles. The van der Waals surface area contributed by atoms with Gasteiger partial charge in [0.05, 0.1) is 39.9 Å². The minimum Gasteiger partial charge on any atom is -0.387 e. The van der Waals surface area contributed by atoms with Crippen LogP contribution in [0.1, 0.15) is 361 Å². The average Bonchev–Trinajstić information content (AvgIpc) is 1.77. The first-order chi connectivity index (χ1) is 46.0. The summed E-state index contributed by atoms with van der Waals surface area (Å²) in [6.45, 7) is 4.71. The van der Waals surface area contributed by atoms with Crippen molar-refractivity contribution in [1.29, 1.82) is 0 Å². The van der Waals surface area contributed by atoms with Gasteiger partial charge in [0.15, 0.2) is 0 Å². The lowest BCUT2D eigenvalue weighted by Gasteiger charge is -2.25. The van der Waals surface area contributed by atoms with Crippen molar-refractivity contribution in [3.63, 3.8) is 0 Å². The van der Waals surface area contributed by atoms with Crippen molar-refractivity contribution in [2.45, 2.75) is 373 Å². The normalized spacial score (nSPS) is 14.2. The molecule has 3 N–H and O–H groups in total. The second-order valence-electron chi connectivity index (χ2n) is 28.0. The highest BCUT2D eigenvalue weighted by atomic mass is 31.2. The number of quaternary nitrogens is 1. The second kappa shape index (κ2) is 74.1. The quantitative estimate of drug-likeness (QED) is 0.0243. The van der Waals surface area contributed by atoms with Crippen molar-refractivity contribution in [1.82, 2.24) is 5.32 Å². The van der Waals surface area contributed by atoms with Crippen molar-refractivity contribution in [2.75, 3.05) is 40.9 Å². The summed E-state index contributed by atoms with van der Waals surface area (Å²) >= 11 is 0. The second-order valence-corrected chi connectivity index (χ2v) is 29.5. The SMILES string of the molecule is CC/C=C\C/C=C\C/C=C\C/C=C\C/C=C\C/C=C\C/C=C\CCCCCCCCCCCCCCCCCCCCCC(=O)NC(COP(=O)(O)OCC[N+](C)(C)C)C(O)/C=C/CC/C=C/CC/C=C/CCCCCCCCCCCCCCCCCCCCCCC. The summed E-state index contributed by atoms with van der Waals surface area (Å²) in [6, 6.07) is -0.877. The summed E-state index contributed by atoms with van der Waals surface area (Å²) in [4.78, 5) is 23.5. The number of phosphoric ester groups is 1. The van der Waals surface area contributed by atoms with Crippen molar-refractivity contribution < 1.29 is 32.9 Å². The first-order valence-corrected chi connectivity index (χ1v) is 41.4. The van der Waals surface area contributed by atoms with Crippen LogP contribution >= 0.6 is 7.82 Å². The van der Waals surface area contributed by atoms with Gasteiger partial charge in [-0.1, -0.05) is 373 Å². The number of allylic oxidation sites excluding steroid dienone is 19. The van der Waals surface area contributed by atoms with Gasteiger partial charge in [0.25, 0.3) is 0 Å². The fraction of sp³-hybridized carbons (Fsp3) is 0.753. The molecule has 0 saturated heterocycles. The van der Waals surface area contributed by atoms with Crippen molar-refractivity contribution in [3.8, 4) is 0 Å². The Bertz CT molecular complexity index is 1960. The number of carbonyl (C=O) groups excluding carboxylic acids is 1. The Morgan fingerprint density at radius 1 is 0.372 bits per heavy atom. The number of hydrogen-bond donors (Lipinski definition) is 3. The van der Waals surface area contributed by atoms with Crippen LogP contribution in [0.25, 0.3) is 0 Å². The standard InChI is InChI=1S/C85H153N2O6P/c1-6-8-10-12-14-16-18-20-22-24-26-28-30-32-34-36-38-39-40-41-42-43-44-45-46-47-49-51-53-55-57-59-61-63-65-67-69-71-73-75-77-79-85(89)86-83(82-93-94(90,91)92-81-80-87(3,4)5)84(88)78-76-74-72-70-68-66-64-62-60-58-56-54-52-50-48-37-35-33-31-29-27-25-23-21-19-17-15-13-11-9-7-2/h8,10,14,16,20,22,26,28,32,34,38-39,41-42,60,62,68,70,76,78,83-84,88H,6-7,9,11-13,15,17-19,21,23-25,27,29-31,33,35-37,40,43-59,61,63-67,69,71-75,77,79-82H2,1-5H3,(H-,86,89,90,91)/p+1/b10-8-,16-14-,22-20-,28-26-,34-32-,39-38-,42-41-,62-60+,70-68+,78-76+. The molecule has 0 heterocycles. The van der Waals surface area contributed by atoms with E-state index in [9.17, 15) is 19.4 Å². The van der Waals surface area contributed by atoms with Gasteiger partial charge in [0.2, 0.25) is 5.91 Å². The number of likely N-dealkylation sites (N-methyl/N-ethyl adjacent to an activating group) is 1. The zero-order chi connectivity index (χ0) is 68.3. The van der Waals surface area contributed by atoms with Crippen molar-refractivity contribution in [2.24, 2.45) is 0 Å². The molecule has 544 valence electrons. The molecule has 0 radical (unpaired) electrons. The summed E-state index contributed by atoms with van der Waals surface area (Å²) in [6.07, 6.45) is 111. The number of nitrogens with one attached hydrogen (secondary N) is 1. The number of carbonyl (C=O) groups is 1. The highest BCUT2D eigenvalue weighted by Gasteiger charge is 2.28. The van der Waals surface area contributed by atoms with Gasteiger partial charge in [-0.15, -0.1) is 0 Å². The van der Waals surface area contributed by atoms with Crippen LogP contribution in [0.4, 0.5) is 0 Å². The third-order valence-corrected chi connectivity index (χ3v) is 18.6. The Balaban J connectivity index is 4.03. The summed E-state index contributed by atoms with van der Waals surface area (Å²) in [5.74, 6) is -0.188. The highest BCUT2D eigenvalue weighted by molar-refractivity contribution is 7.47. The predicted octanol–water partition coefficient (Wildman–Crippen LogP) is 26.3. The van der Waals surface area contributed by atoms with E-state index >= 15 is 0 Å². The molecule has 0 spiro atoms. The molecule has 9 heteroatoms. The topological polar surface area (TPSA) is 105 Å². The lowest BCUT2D eigenvalue weighted by Crippen LogP contribution is -2.45. The zero-order valence-electron chi connectivity index (χ0n) is 62.4. The fourth-order valence-electron chi connectivity index (χ4n) is 11.5. The van der Waals surface area contributed by atoms with E-state index in [0.717, 1.165) is 89.9 Å². The molecule has 0 rings (SSSR count). The van der Waals surface area contributed by atoms with E-state index in [-0.39, 0.29) is 19.1 Å². The Morgan fingerprint density at radius 3 is 0.979 bits per heavy atom. The van der Waals surface area contributed by atoms with Gasteiger partial charge in [-0.25, -0.2) is 4.57 Å². The molecule has 1 amide bonds. The molecule has 8 nitrogen and oxygen atoms in total. The Kier molecular flexibility index (Phi) is 71.7. The Hall–Kier alpha value is -3.10. The molecule has 0 saturated carbocycles. The maximum absolute atomic E-state index is 13.1. The molecule has 0 aliphatic carbocycles. The van der Waals surface area contributed by atoms with Crippen LogP contribution in [0.3, 0.4) is 0 Å². The lowest BCUT2D eigenvalue weighted by molar-refractivity contribution is -0.870. The molecular formula is C85H154N2O6P+. The molecule has 3 atom stereocenters. The van der Waals surface area contributed by atoms with Crippen LogP contribution in [-0.4, -0.2) is 73.4 Å². The number of aliphatic hydroxyl groups is 1. The minimum atomic E-state index is -4.37. The van der Waals surface area contributed by atoms with E-state index in [1.54, 1.807) is 6.08 Å². The minimum absolute atomic E-state index is 0.0508. The van der Waals surface area contributed by atoms with Crippen LogP contribution in [-0.2, 0) is 18.4 Å². The number of nitrogens with zero attached hydrogens (tertiary/aromatic N) is 1. The average molecular weight is 1330 g/mol. The zero-order valence-corrected chi connectivity index (χ0v) is 63.3. The monoisotopic (exact) mass is 1330 g/mol. The largest absolute Gasteiger partial charge is 0.472 e. The van der Waals surface area contributed by atoms with E-state index in [0.29, 0.717) is 17.4 Å². The Labute approximate surface area is 584 Å². The van der Waals surface area contributed by atoms with Gasteiger partial charge in [0.1, 0.15) is 13.2 Å². The molecule has 0 aliphatic rings. The summed E-state index contributed by atoms with van der Waals surface area (Å²) in [5.41, 5.74) is 0. The third-order valence-electron chi connectivity index (χ3n) is 17.6. The van der Waals surface area contributed by atoms with Gasteiger partial charge in [-0.3, -0.25) is 13.8 Å². The van der Waals surface area contributed by atoms with Gasteiger partial charge in [0, 0.05) is 6.42 Å². The number of phosphoric acid groups is 1. The van der Waals surface area contributed by atoms with Crippen molar-refractivity contribution in [3.05, 3.63) is 122 Å². The summed E-state index contributed by atoms with van der Waals surface area (Å²) in [7, 11) is 1.55. The Morgan fingerprint density at radius 2 is 0.649 bits per heavy atom. The molecule has 3 unspecified atom stereocenters. The van der Waals surface area contributed by atoms with Crippen LogP contribution in [0.2, 0.25) is 0 Å². The van der Waals surface area contributed by atoms with E-state index in [4.69, 9.17) is 9.05 Å². The number of rotatable bonds is 73. The van der Waals surface area contributed by atoms with Gasteiger partial charge in [-0.05, 0) is 103 Å². The fourth-order valence-corrected chi connectivity index (χ4v) is 12.3. The molecule has 0 aliphatic heterocycles. The molecule has 94 heavy (non-hydrogen) atoms. The molecule has 0 aromatic heterocycles. The predicted molar refractivity (Wildman–Crippen MR) is 415 cm³/mol. The van der Waals surface area contributed by atoms with Crippen molar-refractivity contribution >= 4 is 13.7 Å². The van der Waals surface area contributed by atoms with E-state index in [2.05, 4.69) is 129 Å². The first-order valence-electron chi connectivity index (χ1n) is 39.9. The van der Waals surface area contributed by atoms with Gasteiger partial charge >= 0.3 is 7.82 Å². The summed E-state index contributed by atoms with van der Waals surface area (Å²) in [5, 5.41) is 14.0.